The average molecular weight is 261 g/mol. The summed E-state index contributed by atoms with van der Waals surface area (Å²) in [5, 5.41) is 0. The lowest BCUT2D eigenvalue weighted by Crippen LogP contribution is -2.26. The summed E-state index contributed by atoms with van der Waals surface area (Å²) in [7, 11) is 1.53. The Labute approximate surface area is 104 Å². The summed E-state index contributed by atoms with van der Waals surface area (Å²) in [6.07, 6.45) is -2.44. The number of nitrogens with two attached hydrogens (primary N) is 1. The Hall–Kier alpha value is -1.54. The molecule has 0 aromatic carbocycles. The molecule has 0 aliphatic rings. The van der Waals surface area contributed by atoms with Gasteiger partial charge >= 0.3 is 0 Å². The summed E-state index contributed by atoms with van der Waals surface area (Å²) < 4.78 is 29.8. The predicted molar refractivity (Wildman–Crippen MR) is 64.4 cm³/mol. The van der Waals surface area contributed by atoms with Crippen LogP contribution in [0.1, 0.15) is 12.7 Å². The van der Waals surface area contributed by atoms with Gasteiger partial charge in [-0.15, -0.1) is 0 Å². The van der Waals surface area contributed by atoms with E-state index in [0.29, 0.717) is 24.1 Å². The first-order chi connectivity index (χ1) is 8.56. The highest BCUT2D eigenvalue weighted by molar-refractivity contribution is 5.48. The van der Waals surface area contributed by atoms with Crippen LogP contribution in [0.5, 0.6) is 0 Å². The van der Waals surface area contributed by atoms with Crippen LogP contribution in [0.4, 0.5) is 20.4 Å². The van der Waals surface area contributed by atoms with Crippen LogP contribution in [0.3, 0.4) is 0 Å². The topological polar surface area (TPSA) is 76.3 Å². The summed E-state index contributed by atoms with van der Waals surface area (Å²) in [6, 6.07) is 1.50. The number of halogens is 2. The van der Waals surface area contributed by atoms with Crippen molar-refractivity contribution < 1.29 is 13.5 Å². The van der Waals surface area contributed by atoms with E-state index >= 15 is 0 Å². The first kappa shape index (κ1) is 14.5. The second-order valence-electron chi connectivity index (χ2n) is 3.58. The van der Waals surface area contributed by atoms with Gasteiger partial charge in [-0.2, -0.15) is 0 Å². The number of nitrogens with zero attached hydrogens (tertiary/aromatic N) is 3. The summed E-state index contributed by atoms with van der Waals surface area (Å²) >= 11 is 0. The number of aromatic nitrogens is 2. The Bertz CT molecular complexity index is 377. The molecule has 102 valence electrons. The van der Waals surface area contributed by atoms with E-state index < -0.39 is 13.0 Å². The molecule has 0 atom stereocenters. The molecule has 0 fully saturated rings. The van der Waals surface area contributed by atoms with Gasteiger partial charge in [0.25, 0.3) is 6.43 Å². The van der Waals surface area contributed by atoms with E-state index in [4.69, 9.17) is 10.6 Å². The summed E-state index contributed by atoms with van der Waals surface area (Å²) in [6.45, 7) is 2.16. The Balaban J connectivity index is 2.88. The van der Waals surface area contributed by atoms with Gasteiger partial charge in [-0.25, -0.2) is 24.6 Å². The van der Waals surface area contributed by atoms with E-state index in [1.54, 1.807) is 0 Å². The van der Waals surface area contributed by atoms with Crippen molar-refractivity contribution in [3.8, 4) is 0 Å². The van der Waals surface area contributed by atoms with Crippen LogP contribution in [0.25, 0.3) is 0 Å². The monoisotopic (exact) mass is 261 g/mol. The highest BCUT2D eigenvalue weighted by atomic mass is 19.3. The molecule has 0 aliphatic heterocycles. The Morgan fingerprint density at radius 3 is 2.78 bits per heavy atom. The molecule has 0 aliphatic carbocycles. The van der Waals surface area contributed by atoms with Gasteiger partial charge in [-0.1, -0.05) is 0 Å². The Morgan fingerprint density at radius 1 is 1.50 bits per heavy atom. The minimum absolute atomic E-state index is 0.210. The number of nitrogens with one attached hydrogen (secondary N) is 1. The van der Waals surface area contributed by atoms with Crippen molar-refractivity contribution >= 4 is 11.6 Å². The molecule has 1 heterocycles. The molecular formula is C10H17F2N5O. The molecule has 1 aromatic heterocycles. The van der Waals surface area contributed by atoms with Gasteiger partial charge in [0, 0.05) is 19.7 Å². The van der Waals surface area contributed by atoms with Crippen molar-refractivity contribution in [3.05, 3.63) is 11.9 Å². The molecule has 0 spiro atoms. The Morgan fingerprint density at radius 2 is 2.22 bits per heavy atom. The smallest absolute Gasteiger partial charge is 0.255 e. The summed E-state index contributed by atoms with van der Waals surface area (Å²) in [4.78, 5) is 9.53. The zero-order valence-corrected chi connectivity index (χ0v) is 10.4. The largest absolute Gasteiger partial charge is 0.374 e. The number of nitrogen functional groups attached to an aromatic ring is 1. The molecule has 0 amide bonds. The molecule has 1 aromatic rings. The van der Waals surface area contributed by atoms with Crippen molar-refractivity contribution in [3.63, 3.8) is 0 Å². The van der Waals surface area contributed by atoms with Gasteiger partial charge in [-0.3, -0.25) is 0 Å². The average Bonchev–Trinajstić information content (AvgIpc) is 2.35. The van der Waals surface area contributed by atoms with Gasteiger partial charge in [0.2, 0.25) is 0 Å². The van der Waals surface area contributed by atoms with Gasteiger partial charge in [-0.05, 0) is 6.92 Å². The number of ether oxygens (including phenoxy) is 1. The molecule has 1 rings (SSSR count). The maximum Gasteiger partial charge on any atom is 0.255 e. The van der Waals surface area contributed by atoms with Crippen molar-refractivity contribution in [2.75, 3.05) is 30.5 Å². The van der Waals surface area contributed by atoms with Crippen LogP contribution in [0.15, 0.2) is 6.07 Å². The van der Waals surface area contributed by atoms with Gasteiger partial charge in [0.1, 0.15) is 18.2 Å². The van der Waals surface area contributed by atoms with E-state index in [-0.39, 0.29) is 6.61 Å². The first-order valence-electron chi connectivity index (χ1n) is 5.48. The first-order valence-corrected chi connectivity index (χ1v) is 5.48. The molecular weight excluding hydrogens is 244 g/mol. The van der Waals surface area contributed by atoms with E-state index in [1.807, 2.05) is 6.92 Å². The van der Waals surface area contributed by atoms with Crippen molar-refractivity contribution in [2.24, 2.45) is 5.84 Å². The van der Waals surface area contributed by atoms with E-state index in [1.165, 1.54) is 18.0 Å². The zero-order chi connectivity index (χ0) is 13.5. The van der Waals surface area contributed by atoms with Gasteiger partial charge in [0.05, 0.1) is 6.54 Å². The molecule has 0 radical (unpaired) electrons. The Kier molecular flexibility index (Phi) is 5.66. The summed E-state index contributed by atoms with van der Waals surface area (Å²) in [5.74, 6) is 6.39. The van der Waals surface area contributed by atoms with Crippen molar-refractivity contribution in [1.82, 2.24) is 9.97 Å². The standard InChI is InChI=1S/C10H17F2N5O/c1-3-18-6-9-14-8(16-13)4-10(15-9)17(2)5-7(11)12/h4,7H,3,5-6,13H2,1-2H3,(H,14,15,16). The molecule has 0 saturated carbocycles. The minimum Gasteiger partial charge on any atom is -0.374 e. The lowest BCUT2D eigenvalue weighted by molar-refractivity contribution is 0.128. The third-order valence-corrected chi connectivity index (χ3v) is 2.15. The van der Waals surface area contributed by atoms with E-state index in [0.717, 1.165) is 0 Å². The van der Waals surface area contributed by atoms with Crippen LogP contribution in [0.2, 0.25) is 0 Å². The fraction of sp³-hybridized carbons (Fsp3) is 0.600. The minimum atomic E-state index is -2.44. The zero-order valence-electron chi connectivity index (χ0n) is 10.4. The third kappa shape index (κ3) is 4.38. The molecule has 0 bridgehead atoms. The van der Waals surface area contributed by atoms with Crippen LogP contribution in [-0.4, -0.2) is 36.6 Å². The predicted octanol–water partition coefficient (Wildman–Crippen LogP) is 1.000. The molecule has 3 N–H and O–H groups in total. The second kappa shape index (κ2) is 7.02. The van der Waals surface area contributed by atoms with Crippen LogP contribution in [-0.2, 0) is 11.3 Å². The van der Waals surface area contributed by atoms with Crippen LogP contribution in [0, 0.1) is 0 Å². The lowest BCUT2D eigenvalue weighted by atomic mass is 10.4. The number of rotatable bonds is 7. The molecule has 0 unspecified atom stereocenters. The third-order valence-electron chi connectivity index (χ3n) is 2.15. The molecule has 18 heavy (non-hydrogen) atoms. The fourth-order valence-corrected chi connectivity index (χ4v) is 1.31. The number of hydrogen-bond acceptors (Lipinski definition) is 6. The number of hydrogen-bond donors (Lipinski definition) is 2. The molecule has 0 saturated heterocycles. The maximum absolute atomic E-state index is 12.3. The maximum atomic E-state index is 12.3. The number of hydrazine groups is 1. The SMILES string of the molecule is CCOCc1nc(NN)cc(N(C)CC(F)F)n1. The van der Waals surface area contributed by atoms with Crippen LogP contribution >= 0.6 is 0 Å². The van der Waals surface area contributed by atoms with Gasteiger partial charge in [0.15, 0.2) is 5.82 Å². The number of alkyl halides is 2. The van der Waals surface area contributed by atoms with Crippen molar-refractivity contribution in [2.45, 2.75) is 20.0 Å². The summed E-state index contributed by atoms with van der Waals surface area (Å²) in [5.41, 5.74) is 2.37. The van der Waals surface area contributed by atoms with Crippen molar-refractivity contribution in [1.29, 1.82) is 0 Å². The highest BCUT2D eigenvalue weighted by Gasteiger charge is 2.12. The second-order valence-corrected chi connectivity index (χ2v) is 3.58. The van der Waals surface area contributed by atoms with E-state index in [9.17, 15) is 8.78 Å². The highest BCUT2D eigenvalue weighted by Crippen LogP contribution is 2.15. The lowest BCUT2D eigenvalue weighted by Gasteiger charge is -2.18. The molecule has 6 nitrogen and oxygen atoms in total. The van der Waals surface area contributed by atoms with Crippen LogP contribution < -0.4 is 16.2 Å². The quantitative estimate of drug-likeness (QED) is 0.563. The molecule has 8 heteroatoms. The number of anilines is 2. The fourth-order valence-electron chi connectivity index (χ4n) is 1.31. The normalized spacial score (nSPS) is 10.8. The van der Waals surface area contributed by atoms with Gasteiger partial charge < -0.3 is 15.1 Å². The van der Waals surface area contributed by atoms with E-state index in [2.05, 4.69) is 15.4 Å².